The molecule has 1 N–H and O–H groups in total. The van der Waals surface area contributed by atoms with E-state index in [1.807, 2.05) is 0 Å². The second-order valence-corrected chi connectivity index (χ2v) is 7.96. The molecule has 0 saturated heterocycles. The normalized spacial score (nSPS) is 13.5. The van der Waals surface area contributed by atoms with Crippen LogP contribution in [0.4, 0.5) is 18.9 Å². The fourth-order valence-electron chi connectivity index (χ4n) is 2.96. The highest BCUT2D eigenvalue weighted by atomic mass is 35.5. The summed E-state index contributed by atoms with van der Waals surface area (Å²) in [5.74, 6) is -0.253. The maximum Gasteiger partial charge on any atom is 0.417 e. The van der Waals surface area contributed by atoms with E-state index in [1.165, 1.54) is 25.3 Å². The highest BCUT2D eigenvalue weighted by Crippen LogP contribution is 2.38. The molecule has 0 saturated carbocycles. The number of anilines is 1. The van der Waals surface area contributed by atoms with Crippen molar-refractivity contribution in [2.24, 2.45) is 0 Å². The van der Waals surface area contributed by atoms with Crippen LogP contribution in [-0.2, 0) is 15.8 Å². The van der Waals surface area contributed by atoms with Crippen LogP contribution in [0.25, 0.3) is 6.08 Å². The number of benzene rings is 2. The smallest absolute Gasteiger partial charge is 0.417 e. The Balaban J connectivity index is 1.62. The first-order chi connectivity index (χ1) is 15.5. The summed E-state index contributed by atoms with van der Waals surface area (Å²) in [5, 5.41) is 2.19. The van der Waals surface area contributed by atoms with Gasteiger partial charge in [-0.1, -0.05) is 23.2 Å². The van der Waals surface area contributed by atoms with E-state index in [0.717, 1.165) is 23.5 Å². The lowest BCUT2D eigenvalue weighted by Gasteiger charge is -2.16. The summed E-state index contributed by atoms with van der Waals surface area (Å²) < 4.78 is 50.0. The number of fused-ring (bicyclic) bond motifs is 1. The van der Waals surface area contributed by atoms with Gasteiger partial charge in [-0.25, -0.2) is 0 Å². The molecule has 0 aromatic heterocycles. The number of nitrogens with zero attached hydrogens (tertiary/aromatic N) is 1. The van der Waals surface area contributed by atoms with Crippen molar-refractivity contribution in [1.82, 2.24) is 4.90 Å². The monoisotopic (exact) mass is 502 g/mol. The Bertz CT molecular complexity index is 1090. The average Bonchev–Trinajstić information content (AvgIpc) is 2.98. The second kappa shape index (κ2) is 10.4. The molecule has 11 heteroatoms. The Kier molecular flexibility index (Phi) is 7.76. The lowest BCUT2D eigenvalue weighted by molar-refractivity contribution is -0.137. The number of ether oxygens (including phenoxy) is 2. The Hall–Kier alpha value is -2.91. The molecule has 33 heavy (non-hydrogen) atoms. The van der Waals surface area contributed by atoms with Crippen molar-refractivity contribution in [2.75, 3.05) is 32.1 Å². The largest absolute Gasteiger partial charge is 0.489 e. The number of carbonyl (C=O) groups is 2. The third-order valence-corrected chi connectivity index (χ3v) is 5.17. The van der Waals surface area contributed by atoms with Crippen LogP contribution in [0, 0.1) is 0 Å². The highest BCUT2D eigenvalue weighted by molar-refractivity contribution is 6.32. The van der Waals surface area contributed by atoms with Crippen molar-refractivity contribution < 1.29 is 32.2 Å². The minimum Gasteiger partial charge on any atom is -0.489 e. The summed E-state index contributed by atoms with van der Waals surface area (Å²) in [6.07, 6.45) is -1.20. The fourth-order valence-corrected chi connectivity index (χ4v) is 3.45. The van der Waals surface area contributed by atoms with Crippen LogP contribution in [0.15, 0.2) is 36.4 Å². The molecule has 2 amide bonds. The first-order valence-corrected chi connectivity index (χ1v) is 10.5. The first-order valence-electron chi connectivity index (χ1n) is 9.73. The zero-order valence-corrected chi connectivity index (χ0v) is 18.9. The van der Waals surface area contributed by atoms with Crippen LogP contribution in [0.1, 0.15) is 17.5 Å². The van der Waals surface area contributed by atoms with Gasteiger partial charge in [0.05, 0.1) is 35.4 Å². The lowest BCUT2D eigenvalue weighted by atomic mass is 10.2. The molecule has 176 valence electrons. The summed E-state index contributed by atoms with van der Waals surface area (Å²) in [5.41, 5.74) is -0.561. The molecule has 0 spiro atoms. The molecule has 2 aromatic carbocycles. The summed E-state index contributed by atoms with van der Waals surface area (Å²) in [4.78, 5) is 25.7. The number of amides is 2. The Morgan fingerprint density at radius 1 is 1.12 bits per heavy atom. The van der Waals surface area contributed by atoms with Crippen LogP contribution in [0.5, 0.6) is 11.5 Å². The molecule has 0 unspecified atom stereocenters. The van der Waals surface area contributed by atoms with Gasteiger partial charge in [0.25, 0.3) is 0 Å². The van der Waals surface area contributed by atoms with Crippen molar-refractivity contribution in [1.29, 1.82) is 0 Å². The SMILES string of the molecule is CN(CC(=O)Nc1ccc(Cl)c(C(F)(F)F)c1)C(=O)/C=C/c1cc(Cl)c2c(c1)OCCCO2. The molecular weight excluding hydrogens is 484 g/mol. The molecular formula is C22H19Cl2F3N2O4. The zero-order valence-electron chi connectivity index (χ0n) is 17.3. The van der Waals surface area contributed by atoms with Crippen molar-refractivity contribution in [2.45, 2.75) is 12.6 Å². The molecule has 0 aliphatic carbocycles. The van der Waals surface area contributed by atoms with Crippen LogP contribution in [-0.4, -0.2) is 43.5 Å². The minimum absolute atomic E-state index is 0.0880. The summed E-state index contributed by atoms with van der Waals surface area (Å²) in [7, 11) is 1.39. The third kappa shape index (κ3) is 6.55. The van der Waals surface area contributed by atoms with E-state index in [0.29, 0.717) is 35.3 Å². The van der Waals surface area contributed by atoms with Gasteiger partial charge < -0.3 is 19.7 Å². The highest BCUT2D eigenvalue weighted by Gasteiger charge is 2.33. The van der Waals surface area contributed by atoms with Crippen molar-refractivity contribution in [3.8, 4) is 11.5 Å². The third-order valence-electron chi connectivity index (χ3n) is 4.56. The van der Waals surface area contributed by atoms with Gasteiger partial charge in [-0.15, -0.1) is 0 Å². The van der Waals surface area contributed by atoms with Gasteiger partial charge in [0.15, 0.2) is 11.5 Å². The van der Waals surface area contributed by atoms with Gasteiger partial charge in [0, 0.05) is 25.2 Å². The maximum absolute atomic E-state index is 13.0. The predicted molar refractivity (Wildman–Crippen MR) is 119 cm³/mol. The number of nitrogens with one attached hydrogen (secondary N) is 1. The van der Waals surface area contributed by atoms with E-state index in [-0.39, 0.29) is 12.2 Å². The molecule has 1 aliphatic rings. The quantitative estimate of drug-likeness (QED) is 0.564. The number of hydrogen-bond acceptors (Lipinski definition) is 4. The summed E-state index contributed by atoms with van der Waals surface area (Å²) in [6, 6.07) is 6.31. The van der Waals surface area contributed by atoms with Crippen molar-refractivity contribution >= 4 is 46.8 Å². The van der Waals surface area contributed by atoms with E-state index in [9.17, 15) is 22.8 Å². The second-order valence-electron chi connectivity index (χ2n) is 7.15. The predicted octanol–water partition coefficient (Wildman–Crippen LogP) is 5.28. The number of carbonyl (C=O) groups excluding carboxylic acids is 2. The van der Waals surface area contributed by atoms with E-state index < -0.39 is 28.6 Å². The standard InChI is InChI=1S/C22H19Cl2F3N2O4/c1-29(12-19(30)28-14-4-5-16(23)15(11-14)22(25,26)27)20(31)6-3-13-9-17(24)21-18(10-13)32-7-2-8-33-21/h3-6,9-11H,2,7-8,12H2,1H3,(H,28,30)/b6-3+. The number of likely N-dealkylation sites (N-methyl/N-ethyl adjacent to an activating group) is 1. The number of alkyl halides is 3. The Morgan fingerprint density at radius 2 is 1.85 bits per heavy atom. The van der Waals surface area contributed by atoms with Crippen molar-refractivity contribution in [3.05, 3.63) is 57.6 Å². The number of halogens is 5. The van der Waals surface area contributed by atoms with Gasteiger partial charge in [0.1, 0.15) is 0 Å². The lowest BCUT2D eigenvalue weighted by Crippen LogP contribution is -2.33. The Labute approximate surface area is 197 Å². The first kappa shape index (κ1) is 24.7. The van der Waals surface area contributed by atoms with Crippen LogP contribution in [0.3, 0.4) is 0 Å². The van der Waals surface area contributed by atoms with Gasteiger partial charge in [-0.2, -0.15) is 13.2 Å². The molecule has 1 aliphatic heterocycles. The van der Waals surface area contributed by atoms with Gasteiger partial charge in [-0.05, 0) is 42.0 Å². The number of rotatable bonds is 5. The van der Waals surface area contributed by atoms with Gasteiger partial charge in [0.2, 0.25) is 11.8 Å². The van der Waals surface area contributed by atoms with E-state index in [1.54, 1.807) is 12.1 Å². The van der Waals surface area contributed by atoms with E-state index in [2.05, 4.69) is 5.32 Å². The summed E-state index contributed by atoms with van der Waals surface area (Å²) in [6.45, 7) is 0.585. The van der Waals surface area contributed by atoms with Crippen molar-refractivity contribution in [3.63, 3.8) is 0 Å². The van der Waals surface area contributed by atoms with E-state index >= 15 is 0 Å². The Morgan fingerprint density at radius 3 is 2.58 bits per heavy atom. The molecule has 0 atom stereocenters. The van der Waals surface area contributed by atoms with Gasteiger partial charge in [-0.3, -0.25) is 9.59 Å². The van der Waals surface area contributed by atoms with Gasteiger partial charge >= 0.3 is 6.18 Å². The molecule has 6 nitrogen and oxygen atoms in total. The maximum atomic E-state index is 13.0. The van der Waals surface area contributed by atoms with Crippen LogP contribution >= 0.6 is 23.2 Å². The molecule has 2 aromatic rings. The van der Waals surface area contributed by atoms with E-state index in [4.69, 9.17) is 32.7 Å². The molecule has 0 bridgehead atoms. The molecule has 1 heterocycles. The van der Waals surface area contributed by atoms with Crippen LogP contribution in [0.2, 0.25) is 10.0 Å². The number of hydrogen-bond donors (Lipinski definition) is 1. The minimum atomic E-state index is -4.66. The van der Waals surface area contributed by atoms with Crippen LogP contribution < -0.4 is 14.8 Å². The average molecular weight is 503 g/mol. The molecule has 3 rings (SSSR count). The zero-order chi connectivity index (χ0) is 24.2. The topological polar surface area (TPSA) is 67.9 Å². The fraction of sp³-hybridized carbons (Fsp3) is 0.273. The summed E-state index contributed by atoms with van der Waals surface area (Å²) >= 11 is 11.8. The molecule has 0 radical (unpaired) electrons. The molecule has 0 fully saturated rings.